The van der Waals surface area contributed by atoms with E-state index in [0.717, 1.165) is 0 Å². The number of hydrogen-bond donors (Lipinski definition) is 0. The quantitative estimate of drug-likeness (QED) is 0.377. The Balaban J connectivity index is 0. The first-order valence-corrected chi connectivity index (χ1v) is 1.89. The maximum atomic E-state index is 4.66. The summed E-state index contributed by atoms with van der Waals surface area (Å²) in [6, 6.07) is 0. The van der Waals surface area contributed by atoms with Crippen molar-refractivity contribution in [2.75, 3.05) is 27.4 Å². The fraction of sp³-hybridized carbons (Fsp3) is 1.00. The van der Waals surface area contributed by atoms with Gasteiger partial charge in [-0.2, -0.15) is 0 Å². The van der Waals surface area contributed by atoms with Crippen molar-refractivity contribution < 1.29 is 9.47 Å². The summed E-state index contributed by atoms with van der Waals surface area (Å²) in [5.74, 6) is 0. The standard InChI is InChI=1S/C4H10O2.Mg/c1-5-3-4-6-2;/h3-4H2,1-2H3;. The molecule has 0 N–H and O–H groups in total. The Morgan fingerprint density at radius 3 is 1.43 bits per heavy atom. The van der Waals surface area contributed by atoms with Gasteiger partial charge in [-0.1, -0.05) is 0 Å². The van der Waals surface area contributed by atoms with Crippen molar-refractivity contribution in [1.82, 2.24) is 0 Å². The Kier molecular flexibility index (Phi) is 14.9. The van der Waals surface area contributed by atoms with E-state index in [4.69, 9.17) is 0 Å². The van der Waals surface area contributed by atoms with Crippen molar-refractivity contribution >= 4 is 23.1 Å². The van der Waals surface area contributed by atoms with Crippen molar-refractivity contribution in [3.05, 3.63) is 0 Å². The summed E-state index contributed by atoms with van der Waals surface area (Å²) in [4.78, 5) is 0. The van der Waals surface area contributed by atoms with Crippen LogP contribution in [-0.2, 0) is 9.47 Å². The molecule has 7 heavy (non-hydrogen) atoms. The van der Waals surface area contributed by atoms with Gasteiger partial charge in [-0.25, -0.2) is 0 Å². The molecule has 0 saturated heterocycles. The van der Waals surface area contributed by atoms with Gasteiger partial charge in [-0.15, -0.1) is 0 Å². The van der Waals surface area contributed by atoms with Crippen molar-refractivity contribution in [3.8, 4) is 0 Å². The highest BCUT2D eigenvalue weighted by atomic mass is 24.3. The molecule has 0 aliphatic heterocycles. The molecule has 0 aliphatic rings. The Labute approximate surface area is 60.3 Å². The molecule has 0 fully saturated rings. The SMILES string of the molecule is COCCOC.[Mg]. The van der Waals surface area contributed by atoms with Crippen LogP contribution >= 0.6 is 0 Å². The zero-order valence-corrected chi connectivity index (χ0v) is 6.35. The lowest BCUT2D eigenvalue weighted by Gasteiger charge is -1.91. The Morgan fingerprint density at radius 1 is 1.00 bits per heavy atom. The van der Waals surface area contributed by atoms with Crippen LogP contribution in [0.1, 0.15) is 0 Å². The summed E-state index contributed by atoms with van der Waals surface area (Å²) < 4.78 is 9.31. The van der Waals surface area contributed by atoms with Crippen molar-refractivity contribution in [2.24, 2.45) is 0 Å². The van der Waals surface area contributed by atoms with Gasteiger partial charge >= 0.3 is 0 Å². The van der Waals surface area contributed by atoms with Crippen LogP contribution in [-0.4, -0.2) is 50.5 Å². The molecule has 0 aromatic carbocycles. The number of methoxy groups -OCH3 is 2. The van der Waals surface area contributed by atoms with Gasteiger partial charge < -0.3 is 9.47 Å². The maximum absolute atomic E-state index is 4.66. The molecule has 2 nitrogen and oxygen atoms in total. The fourth-order valence-electron chi connectivity index (χ4n) is 0.167. The number of rotatable bonds is 3. The van der Waals surface area contributed by atoms with Crippen molar-refractivity contribution in [2.45, 2.75) is 0 Å². The topological polar surface area (TPSA) is 18.5 Å². The average Bonchev–Trinajstić information content (AvgIpc) is 1.61. The zero-order valence-electron chi connectivity index (χ0n) is 4.94. The Morgan fingerprint density at radius 2 is 1.29 bits per heavy atom. The van der Waals surface area contributed by atoms with E-state index >= 15 is 0 Å². The fourth-order valence-corrected chi connectivity index (χ4v) is 0.167. The van der Waals surface area contributed by atoms with E-state index in [1.165, 1.54) is 0 Å². The van der Waals surface area contributed by atoms with Crippen LogP contribution in [0.4, 0.5) is 0 Å². The number of hydrogen-bond acceptors (Lipinski definition) is 2. The zero-order chi connectivity index (χ0) is 4.83. The van der Waals surface area contributed by atoms with E-state index in [0.29, 0.717) is 13.2 Å². The van der Waals surface area contributed by atoms with E-state index in [2.05, 4.69) is 9.47 Å². The van der Waals surface area contributed by atoms with Gasteiger partial charge in [-0.05, 0) is 0 Å². The molecule has 0 unspecified atom stereocenters. The summed E-state index contributed by atoms with van der Waals surface area (Å²) >= 11 is 0. The monoisotopic (exact) mass is 114 g/mol. The number of ether oxygens (including phenoxy) is 2. The second-order valence-electron chi connectivity index (χ2n) is 0.986. The first-order valence-electron chi connectivity index (χ1n) is 1.89. The highest BCUT2D eigenvalue weighted by Crippen LogP contribution is 1.65. The Bertz CT molecular complexity index is 21.7. The lowest BCUT2D eigenvalue weighted by atomic mass is 10.8. The lowest BCUT2D eigenvalue weighted by molar-refractivity contribution is 0.103. The van der Waals surface area contributed by atoms with Gasteiger partial charge in [0.1, 0.15) is 0 Å². The highest BCUT2D eigenvalue weighted by molar-refractivity contribution is 5.75. The average molecular weight is 114 g/mol. The van der Waals surface area contributed by atoms with Gasteiger partial charge in [0, 0.05) is 37.3 Å². The molecular formula is C4H10MgO2. The largest absolute Gasteiger partial charge is 0.382 e. The summed E-state index contributed by atoms with van der Waals surface area (Å²) in [5, 5.41) is 0. The smallest absolute Gasteiger partial charge is 0.0696 e. The van der Waals surface area contributed by atoms with Crippen LogP contribution in [0.5, 0.6) is 0 Å². The van der Waals surface area contributed by atoms with Crippen LogP contribution in [0.2, 0.25) is 0 Å². The molecule has 2 radical (unpaired) electrons. The van der Waals surface area contributed by atoms with E-state index < -0.39 is 0 Å². The molecule has 0 spiro atoms. The summed E-state index contributed by atoms with van der Waals surface area (Å²) in [6.45, 7) is 1.38. The van der Waals surface area contributed by atoms with Gasteiger partial charge in [-0.3, -0.25) is 0 Å². The third kappa shape index (κ3) is 10.8. The van der Waals surface area contributed by atoms with E-state index in [-0.39, 0.29) is 23.1 Å². The van der Waals surface area contributed by atoms with Gasteiger partial charge in [0.2, 0.25) is 0 Å². The first kappa shape index (κ1) is 10.6. The van der Waals surface area contributed by atoms with Crippen molar-refractivity contribution in [1.29, 1.82) is 0 Å². The molecule has 0 amide bonds. The summed E-state index contributed by atoms with van der Waals surface area (Å²) in [5.41, 5.74) is 0. The Hall–Kier alpha value is 0.686. The van der Waals surface area contributed by atoms with Crippen LogP contribution < -0.4 is 0 Å². The predicted octanol–water partition coefficient (Wildman–Crippen LogP) is -0.102. The van der Waals surface area contributed by atoms with E-state index in [1.807, 2.05) is 0 Å². The summed E-state index contributed by atoms with van der Waals surface area (Å²) in [6.07, 6.45) is 0. The molecule has 0 heterocycles. The predicted molar refractivity (Wildman–Crippen MR) is 29.5 cm³/mol. The minimum atomic E-state index is 0. The molecule has 3 heteroatoms. The molecule has 0 rings (SSSR count). The van der Waals surface area contributed by atoms with Crippen LogP contribution in [0, 0.1) is 0 Å². The second kappa shape index (κ2) is 9.84. The third-order valence-electron chi connectivity index (χ3n) is 0.492. The van der Waals surface area contributed by atoms with Gasteiger partial charge in [0.05, 0.1) is 13.2 Å². The molecule has 40 valence electrons. The molecule has 0 bridgehead atoms. The summed E-state index contributed by atoms with van der Waals surface area (Å²) in [7, 11) is 3.30. The van der Waals surface area contributed by atoms with Crippen LogP contribution in [0.15, 0.2) is 0 Å². The third-order valence-corrected chi connectivity index (χ3v) is 0.492. The van der Waals surface area contributed by atoms with Gasteiger partial charge in [0.15, 0.2) is 0 Å². The van der Waals surface area contributed by atoms with E-state index in [1.54, 1.807) is 14.2 Å². The minimum Gasteiger partial charge on any atom is -0.382 e. The molecule has 0 saturated carbocycles. The molecule has 0 aliphatic carbocycles. The van der Waals surface area contributed by atoms with E-state index in [9.17, 15) is 0 Å². The normalized spacial score (nSPS) is 7.71. The van der Waals surface area contributed by atoms with Crippen molar-refractivity contribution in [3.63, 3.8) is 0 Å². The van der Waals surface area contributed by atoms with Gasteiger partial charge in [0.25, 0.3) is 0 Å². The lowest BCUT2D eigenvalue weighted by Crippen LogP contribution is -1.96. The van der Waals surface area contributed by atoms with Crippen LogP contribution in [0.25, 0.3) is 0 Å². The second-order valence-corrected chi connectivity index (χ2v) is 0.986. The molecule has 0 aromatic heterocycles. The first-order chi connectivity index (χ1) is 2.91. The maximum Gasteiger partial charge on any atom is 0.0696 e. The molecule has 0 atom stereocenters. The minimum absolute atomic E-state index is 0. The highest BCUT2D eigenvalue weighted by Gasteiger charge is 1.73. The van der Waals surface area contributed by atoms with Crippen LogP contribution in [0.3, 0.4) is 0 Å². The molecule has 0 aromatic rings. The molecular weight excluding hydrogens is 104 g/mol.